The Morgan fingerprint density at radius 3 is 2.68 bits per heavy atom. The minimum absolute atomic E-state index is 0.0337. The SMILES string of the molecule is Cn1ccnc1[C@@H](NC(=O)N1CCN(C[C@@H]2CCCO2)CC1)c1ccccc1. The molecule has 150 valence electrons. The van der Waals surface area contributed by atoms with E-state index >= 15 is 0 Å². The molecule has 0 spiro atoms. The van der Waals surface area contributed by atoms with Gasteiger partial charge in [-0.05, 0) is 18.4 Å². The van der Waals surface area contributed by atoms with Crippen LogP contribution in [0.1, 0.15) is 30.3 Å². The van der Waals surface area contributed by atoms with Crippen molar-refractivity contribution in [2.24, 2.45) is 7.05 Å². The molecule has 2 amide bonds. The van der Waals surface area contributed by atoms with Gasteiger partial charge in [-0.1, -0.05) is 30.3 Å². The predicted molar refractivity (Wildman–Crippen MR) is 107 cm³/mol. The number of ether oxygens (including phenoxy) is 1. The number of aromatic nitrogens is 2. The number of carbonyl (C=O) groups excluding carboxylic acids is 1. The summed E-state index contributed by atoms with van der Waals surface area (Å²) in [6.45, 7) is 5.13. The molecule has 0 bridgehead atoms. The lowest BCUT2D eigenvalue weighted by Gasteiger charge is -2.36. The molecule has 1 aromatic carbocycles. The Morgan fingerprint density at radius 2 is 2.04 bits per heavy atom. The van der Waals surface area contributed by atoms with E-state index in [-0.39, 0.29) is 12.1 Å². The van der Waals surface area contributed by atoms with Gasteiger partial charge < -0.3 is 19.5 Å². The number of carbonyl (C=O) groups is 1. The summed E-state index contributed by atoms with van der Waals surface area (Å²) in [6.07, 6.45) is 6.36. The first kappa shape index (κ1) is 19.0. The zero-order valence-electron chi connectivity index (χ0n) is 16.5. The number of aryl methyl sites for hydroxylation is 1. The Hall–Kier alpha value is -2.38. The van der Waals surface area contributed by atoms with Gasteiger partial charge >= 0.3 is 6.03 Å². The molecule has 2 fully saturated rings. The van der Waals surface area contributed by atoms with Gasteiger partial charge in [0, 0.05) is 58.8 Å². The molecule has 2 aromatic rings. The zero-order valence-corrected chi connectivity index (χ0v) is 16.5. The Morgan fingerprint density at radius 1 is 1.25 bits per heavy atom. The number of amides is 2. The normalized spacial score (nSPS) is 21.6. The first-order valence-electron chi connectivity index (χ1n) is 10.1. The zero-order chi connectivity index (χ0) is 19.3. The molecule has 0 saturated carbocycles. The van der Waals surface area contributed by atoms with Crippen LogP contribution in [0.4, 0.5) is 4.79 Å². The number of hydrogen-bond donors (Lipinski definition) is 1. The molecule has 0 radical (unpaired) electrons. The molecular formula is C21H29N5O2. The van der Waals surface area contributed by atoms with E-state index in [0.29, 0.717) is 6.10 Å². The van der Waals surface area contributed by atoms with E-state index in [1.165, 1.54) is 6.42 Å². The van der Waals surface area contributed by atoms with Crippen LogP contribution in [0.5, 0.6) is 0 Å². The lowest BCUT2D eigenvalue weighted by atomic mass is 10.1. The van der Waals surface area contributed by atoms with Gasteiger partial charge in [0.15, 0.2) is 0 Å². The van der Waals surface area contributed by atoms with E-state index in [2.05, 4.69) is 15.2 Å². The van der Waals surface area contributed by atoms with Crippen molar-refractivity contribution < 1.29 is 9.53 Å². The second kappa shape index (κ2) is 8.75. The van der Waals surface area contributed by atoms with E-state index in [0.717, 1.165) is 57.1 Å². The third-order valence-electron chi connectivity index (χ3n) is 5.66. The van der Waals surface area contributed by atoms with Crippen molar-refractivity contribution in [3.05, 3.63) is 54.1 Å². The topological polar surface area (TPSA) is 62.6 Å². The van der Waals surface area contributed by atoms with Crippen LogP contribution in [0.25, 0.3) is 0 Å². The van der Waals surface area contributed by atoms with Crippen LogP contribution < -0.4 is 5.32 Å². The monoisotopic (exact) mass is 383 g/mol. The number of rotatable bonds is 5. The fraction of sp³-hybridized carbons (Fsp3) is 0.524. The standard InChI is InChI=1S/C21H29N5O2/c1-24-10-9-22-20(24)19(17-6-3-2-4-7-17)23-21(27)26-13-11-25(12-14-26)16-18-8-5-15-28-18/h2-4,6-7,9-10,18-19H,5,8,11-16H2,1H3,(H,23,27)/t18-,19-/m0/s1. The first-order valence-corrected chi connectivity index (χ1v) is 10.1. The second-order valence-corrected chi connectivity index (χ2v) is 7.61. The predicted octanol–water partition coefficient (Wildman–Crippen LogP) is 2.02. The van der Waals surface area contributed by atoms with Gasteiger partial charge in [0.05, 0.1) is 6.10 Å². The Bertz CT molecular complexity index is 764. The lowest BCUT2D eigenvalue weighted by Crippen LogP contribution is -2.53. The highest BCUT2D eigenvalue weighted by molar-refractivity contribution is 5.75. The van der Waals surface area contributed by atoms with Crippen molar-refractivity contribution in [2.75, 3.05) is 39.3 Å². The van der Waals surface area contributed by atoms with Crippen molar-refractivity contribution in [2.45, 2.75) is 25.0 Å². The molecule has 2 aliphatic heterocycles. The lowest BCUT2D eigenvalue weighted by molar-refractivity contribution is 0.0559. The van der Waals surface area contributed by atoms with Crippen molar-refractivity contribution in [3.8, 4) is 0 Å². The van der Waals surface area contributed by atoms with Crippen LogP contribution in [0.2, 0.25) is 0 Å². The summed E-state index contributed by atoms with van der Waals surface area (Å²) in [6, 6.07) is 9.71. The third-order valence-corrected chi connectivity index (χ3v) is 5.66. The molecule has 7 nitrogen and oxygen atoms in total. The van der Waals surface area contributed by atoms with Gasteiger partial charge in [0.1, 0.15) is 11.9 Å². The highest BCUT2D eigenvalue weighted by Gasteiger charge is 2.27. The number of urea groups is 1. The fourth-order valence-electron chi connectivity index (χ4n) is 4.02. The Labute approximate surface area is 166 Å². The highest BCUT2D eigenvalue weighted by Crippen LogP contribution is 2.21. The van der Waals surface area contributed by atoms with Crippen LogP contribution in [0.3, 0.4) is 0 Å². The minimum atomic E-state index is -0.265. The van der Waals surface area contributed by atoms with Crippen LogP contribution in [0.15, 0.2) is 42.7 Å². The van der Waals surface area contributed by atoms with Crippen LogP contribution in [0, 0.1) is 0 Å². The number of benzene rings is 1. The molecule has 28 heavy (non-hydrogen) atoms. The molecule has 1 aromatic heterocycles. The van der Waals surface area contributed by atoms with Crippen LogP contribution >= 0.6 is 0 Å². The Balaban J connectivity index is 1.38. The van der Waals surface area contributed by atoms with Gasteiger partial charge in [-0.25, -0.2) is 9.78 Å². The van der Waals surface area contributed by atoms with Crippen molar-refractivity contribution in [1.29, 1.82) is 0 Å². The molecule has 0 unspecified atom stereocenters. The molecule has 2 saturated heterocycles. The van der Waals surface area contributed by atoms with E-state index in [4.69, 9.17) is 4.74 Å². The van der Waals surface area contributed by atoms with Crippen molar-refractivity contribution in [3.63, 3.8) is 0 Å². The molecule has 4 rings (SSSR count). The summed E-state index contributed by atoms with van der Waals surface area (Å²) in [5, 5.41) is 3.19. The number of nitrogens with zero attached hydrogens (tertiary/aromatic N) is 4. The highest BCUT2D eigenvalue weighted by atomic mass is 16.5. The van der Waals surface area contributed by atoms with E-state index < -0.39 is 0 Å². The van der Waals surface area contributed by atoms with Gasteiger partial charge in [-0.15, -0.1) is 0 Å². The average molecular weight is 383 g/mol. The minimum Gasteiger partial charge on any atom is -0.377 e. The van der Waals surface area contributed by atoms with Crippen molar-refractivity contribution >= 4 is 6.03 Å². The molecular weight excluding hydrogens is 354 g/mol. The fourth-order valence-corrected chi connectivity index (χ4v) is 4.02. The molecule has 7 heteroatoms. The number of hydrogen-bond acceptors (Lipinski definition) is 4. The Kier molecular flexibility index (Phi) is 5.92. The quantitative estimate of drug-likeness (QED) is 0.858. The third kappa shape index (κ3) is 4.36. The van der Waals surface area contributed by atoms with E-state index in [9.17, 15) is 4.79 Å². The smallest absolute Gasteiger partial charge is 0.318 e. The van der Waals surface area contributed by atoms with E-state index in [1.807, 2.05) is 53.0 Å². The molecule has 1 N–H and O–H groups in total. The number of nitrogens with one attached hydrogen (secondary N) is 1. The maximum Gasteiger partial charge on any atom is 0.318 e. The van der Waals surface area contributed by atoms with Crippen LogP contribution in [-0.4, -0.2) is 70.8 Å². The maximum atomic E-state index is 13.0. The van der Waals surface area contributed by atoms with Crippen molar-refractivity contribution in [1.82, 2.24) is 24.7 Å². The average Bonchev–Trinajstić information content (AvgIpc) is 3.39. The van der Waals surface area contributed by atoms with Gasteiger partial charge in [0.2, 0.25) is 0 Å². The van der Waals surface area contributed by atoms with Gasteiger partial charge in [0.25, 0.3) is 0 Å². The summed E-state index contributed by atoms with van der Waals surface area (Å²) in [4.78, 5) is 21.8. The molecule has 2 atom stereocenters. The summed E-state index contributed by atoms with van der Waals surface area (Å²) in [5.41, 5.74) is 1.03. The van der Waals surface area contributed by atoms with Gasteiger partial charge in [-0.3, -0.25) is 4.90 Å². The summed E-state index contributed by atoms with van der Waals surface area (Å²) in [5.74, 6) is 0.830. The van der Waals surface area contributed by atoms with Gasteiger partial charge in [-0.2, -0.15) is 0 Å². The molecule has 0 aliphatic carbocycles. The number of imidazole rings is 1. The molecule has 2 aliphatic rings. The first-order chi connectivity index (χ1) is 13.7. The second-order valence-electron chi connectivity index (χ2n) is 7.61. The maximum absolute atomic E-state index is 13.0. The summed E-state index contributed by atoms with van der Waals surface area (Å²) >= 11 is 0. The summed E-state index contributed by atoms with van der Waals surface area (Å²) < 4.78 is 7.70. The largest absolute Gasteiger partial charge is 0.377 e. The van der Waals surface area contributed by atoms with Crippen LogP contribution in [-0.2, 0) is 11.8 Å². The number of piperazine rings is 1. The molecule has 3 heterocycles. The van der Waals surface area contributed by atoms with E-state index in [1.54, 1.807) is 6.20 Å². The summed E-state index contributed by atoms with van der Waals surface area (Å²) in [7, 11) is 1.95.